The highest BCUT2D eigenvalue weighted by atomic mass is 35.5. The van der Waals surface area contributed by atoms with Gasteiger partial charge in [0.15, 0.2) is 6.10 Å². The zero-order chi connectivity index (χ0) is 16.1. The summed E-state index contributed by atoms with van der Waals surface area (Å²) in [5.74, 6) is 0.470. The molecule has 1 unspecified atom stereocenters. The molecule has 0 aromatic heterocycles. The van der Waals surface area contributed by atoms with Crippen LogP contribution in [0.3, 0.4) is 0 Å². The van der Waals surface area contributed by atoms with Crippen molar-refractivity contribution in [1.82, 2.24) is 0 Å². The summed E-state index contributed by atoms with van der Waals surface area (Å²) in [5, 5.41) is 3.51. The van der Waals surface area contributed by atoms with Crippen LogP contribution < -0.4 is 10.1 Å². The van der Waals surface area contributed by atoms with E-state index in [9.17, 15) is 4.79 Å². The van der Waals surface area contributed by atoms with Crippen molar-refractivity contribution in [1.29, 1.82) is 0 Å². The number of aryl methyl sites for hydroxylation is 1. The van der Waals surface area contributed by atoms with Crippen molar-refractivity contribution in [3.8, 4) is 5.75 Å². The molecule has 0 aliphatic heterocycles. The lowest BCUT2D eigenvalue weighted by Gasteiger charge is -2.16. The average Bonchev–Trinajstić information content (AvgIpc) is 2.50. The molecule has 1 N–H and O–H groups in total. The number of rotatable bonds is 5. The van der Waals surface area contributed by atoms with Gasteiger partial charge in [-0.2, -0.15) is 0 Å². The first-order valence-corrected chi connectivity index (χ1v) is 8.47. The Morgan fingerprint density at radius 2 is 2.05 bits per heavy atom. The van der Waals surface area contributed by atoms with Crippen LogP contribution in [0, 0.1) is 6.92 Å². The summed E-state index contributed by atoms with van der Waals surface area (Å²) >= 11 is 7.54. The Balaban J connectivity index is 2.02. The second kappa shape index (κ2) is 7.56. The Bertz CT molecular complexity index is 675. The normalized spacial score (nSPS) is 11.8. The van der Waals surface area contributed by atoms with Crippen LogP contribution in [0.1, 0.15) is 12.5 Å². The zero-order valence-corrected chi connectivity index (χ0v) is 14.3. The van der Waals surface area contributed by atoms with Crippen LogP contribution in [0.15, 0.2) is 47.4 Å². The maximum Gasteiger partial charge on any atom is 0.265 e. The van der Waals surface area contributed by atoms with Crippen LogP contribution in [0.25, 0.3) is 0 Å². The van der Waals surface area contributed by atoms with Gasteiger partial charge in [-0.25, -0.2) is 0 Å². The molecule has 0 aliphatic rings. The minimum absolute atomic E-state index is 0.187. The Labute approximate surface area is 140 Å². The van der Waals surface area contributed by atoms with Gasteiger partial charge in [-0.1, -0.05) is 17.7 Å². The van der Waals surface area contributed by atoms with Gasteiger partial charge in [-0.3, -0.25) is 4.79 Å². The van der Waals surface area contributed by atoms with Crippen molar-refractivity contribution >= 4 is 35.0 Å². The number of ether oxygens (including phenoxy) is 1. The minimum Gasteiger partial charge on any atom is -0.481 e. The molecule has 2 aromatic carbocycles. The third-order valence-electron chi connectivity index (χ3n) is 3.15. The van der Waals surface area contributed by atoms with Crippen molar-refractivity contribution in [3.05, 3.63) is 53.1 Å². The monoisotopic (exact) mass is 335 g/mol. The molecule has 2 aromatic rings. The van der Waals surface area contributed by atoms with E-state index in [0.29, 0.717) is 10.8 Å². The first-order valence-electron chi connectivity index (χ1n) is 6.87. The SMILES string of the molecule is CSc1cccc(NC(=O)C(C)Oc2ccc(Cl)cc2C)c1. The molecular weight excluding hydrogens is 318 g/mol. The molecule has 1 amide bonds. The third kappa shape index (κ3) is 4.42. The number of hydrogen-bond donors (Lipinski definition) is 1. The van der Waals surface area contributed by atoms with Crippen molar-refractivity contribution in [2.45, 2.75) is 24.8 Å². The largest absolute Gasteiger partial charge is 0.481 e. The molecule has 0 fully saturated rings. The fourth-order valence-electron chi connectivity index (χ4n) is 1.93. The molecule has 1 atom stereocenters. The van der Waals surface area contributed by atoms with Crippen LogP contribution in [0.2, 0.25) is 5.02 Å². The standard InChI is InChI=1S/C17H18ClNO2S/c1-11-9-13(18)7-8-16(11)21-12(2)17(20)19-14-5-4-6-15(10-14)22-3/h4-10,12H,1-3H3,(H,19,20). The van der Waals surface area contributed by atoms with E-state index < -0.39 is 6.10 Å². The predicted octanol–water partition coefficient (Wildman–Crippen LogP) is 4.78. The lowest BCUT2D eigenvalue weighted by molar-refractivity contribution is -0.122. The van der Waals surface area contributed by atoms with Gasteiger partial charge >= 0.3 is 0 Å². The molecule has 0 heterocycles. The molecule has 0 aliphatic carbocycles. The van der Waals surface area contributed by atoms with Gasteiger partial charge < -0.3 is 10.1 Å². The Hall–Kier alpha value is -1.65. The summed E-state index contributed by atoms with van der Waals surface area (Å²) in [4.78, 5) is 13.3. The van der Waals surface area contributed by atoms with E-state index in [1.807, 2.05) is 43.5 Å². The molecular formula is C17H18ClNO2S. The topological polar surface area (TPSA) is 38.3 Å². The number of nitrogens with one attached hydrogen (secondary N) is 1. The summed E-state index contributed by atoms with van der Waals surface area (Å²) in [6.45, 7) is 3.62. The molecule has 0 saturated carbocycles. The fraction of sp³-hybridized carbons (Fsp3) is 0.235. The maximum atomic E-state index is 12.2. The maximum absolute atomic E-state index is 12.2. The number of amides is 1. The number of hydrogen-bond acceptors (Lipinski definition) is 3. The van der Waals surface area contributed by atoms with Crippen LogP contribution >= 0.6 is 23.4 Å². The van der Waals surface area contributed by atoms with E-state index in [2.05, 4.69) is 5.32 Å². The summed E-state index contributed by atoms with van der Waals surface area (Å²) in [6, 6.07) is 13.0. The van der Waals surface area contributed by atoms with Crippen LogP contribution in [-0.4, -0.2) is 18.3 Å². The highest BCUT2D eigenvalue weighted by Gasteiger charge is 2.16. The molecule has 116 valence electrons. The van der Waals surface area contributed by atoms with Gasteiger partial charge in [0.2, 0.25) is 0 Å². The molecule has 0 radical (unpaired) electrons. The van der Waals surface area contributed by atoms with Gasteiger partial charge in [-0.15, -0.1) is 11.8 Å². The lowest BCUT2D eigenvalue weighted by atomic mass is 10.2. The van der Waals surface area contributed by atoms with E-state index in [1.54, 1.807) is 30.8 Å². The summed E-state index contributed by atoms with van der Waals surface area (Å²) in [5.41, 5.74) is 1.66. The first kappa shape index (κ1) is 16.7. The quantitative estimate of drug-likeness (QED) is 0.799. The number of halogens is 1. The molecule has 22 heavy (non-hydrogen) atoms. The Morgan fingerprint density at radius 1 is 1.27 bits per heavy atom. The van der Waals surface area contributed by atoms with Crippen molar-refractivity contribution < 1.29 is 9.53 Å². The highest BCUT2D eigenvalue weighted by molar-refractivity contribution is 7.98. The summed E-state index contributed by atoms with van der Waals surface area (Å²) in [7, 11) is 0. The van der Waals surface area contributed by atoms with Gasteiger partial charge in [0, 0.05) is 15.6 Å². The van der Waals surface area contributed by atoms with E-state index in [-0.39, 0.29) is 5.91 Å². The summed E-state index contributed by atoms with van der Waals surface area (Å²) in [6.07, 6.45) is 1.40. The number of thioether (sulfide) groups is 1. The van der Waals surface area contributed by atoms with Crippen molar-refractivity contribution in [3.63, 3.8) is 0 Å². The number of carbonyl (C=O) groups is 1. The Morgan fingerprint density at radius 3 is 2.73 bits per heavy atom. The van der Waals surface area contributed by atoms with Gasteiger partial charge in [0.25, 0.3) is 5.91 Å². The predicted molar refractivity (Wildman–Crippen MR) is 93.1 cm³/mol. The number of carbonyl (C=O) groups excluding carboxylic acids is 1. The van der Waals surface area contributed by atoms with Gasteiger partial charge in [-0.05, 0) is 62.1 Å². The highest BCUT2D eigenvalue weighted by Crippen LogP contribution is 2.23. The van der Waals surface area contributed by atoms with Crippen LogP contribution in [0.4, 0.5) is 5.69 Å². The molecule has 0 bridgehead atoms. The van der Waals surface area contributed by atoms with E-state index in [4.69, 9.17) is 16.3 Å². The van der Waals surface area contributed by atoms with Crippen molar-refractivity contribution in [2.75, 3.05) is 11.6 Å². The summed E-state index contributed by atoms with van der Waals surface area (Å²) < 4.78 is 5.71. The van der Waals surface area contributed by atoms with E-state index in [1.165, 1.54) is 0 Å². The lowest BCUT2D eigenvalue weighted by Crippen LogP contribution is -2.30. The van der Waals surface area contributed by atoms with Crippen LogP contribution in [0.5, 0.6) is 5.75 Å². The van der Waals surface area contributed by atoms with Crippen molar-refractivity contribution in [2.24, 2.45) is 0 Å². The smallest absolute Gasteiger partial charge is 0.265 e. The molecule has 0 spiro atoms. The van der Waals surface area contributed by atoms with Gasteiger partial charge in [0.1, 0.15) is 5.75 Å². The number of benzene rings is 2. The molecule has 3 nitrogen and oxygen atoms in total. The van der Waals surface area contributed by atoms with E-state index >= 15 is 0 Å². The second-order valence-corrected chi connectivity index (χ2v) is 6.21. The molecule has 2 rings (SSSR count). The minimum atomic E-state index is -0.599. The van der Waals surface area contributed by atoms with E-state index in [0.717, 1.165) is 16.1 Å². The third-order valence-corrected chi connectivity index (χ3v) is 4.11. The number of anilines is 1. The molecule has 5 heteroatoms. The van der Waals surface area contributed by atoms with Gasteiger partial charge in [0.05, 0.1) is 0 Å². The average molecular weight is 336 g/mol. The Kier molecular flexibility index (Phi) is 5.75. The zero-order valence-electron chi connectivity index (χ0n) is 12.7. The molecule has 0 saturated heterocycles. The second-order valence-electron chi connectivity index (χ2n) is 4.89. The fourth-order valence-corrected chi connectivity index (χ4v) is 2.62. The first-order chi connectivity index (χ1) is 10.5. The van der Waals surface area contributed by atoms with Crippen LogP contribution in [-0.2, 0) is 4.79 Å².